The first-order chi connectivity index (χ1) is 11.6. The van der Waals surface area contributed by atoms with Crippen LogP contribution in [0.3, 0.4) is 0 Å². The van der Waals surface area contributed by atoms with Gasteiger partial charge in [0, 0.05) is 21.3 Å². The minimum atomic E-state index is -0.394. The molecule has 0 atom stereocenters. The van der Waals surface area contributed by atoms with Gasteiger partial charge in [-0.2, -0.15) is 0 Å². The second-order valence-corrected chi connectivity index (χ2v) is 6.55. The predicted molar refractivity (Wildman–Crippen MR) is 97.7 cm³/mol. The predicted octanol–water partition coefficient (Wildman–Crippen LogP) is 4.96. The number of hydrogen-bond acceptors (Lipinski definition) is 3. The largest absolute Gasteiger partial charge is 0.449 e. The molecular weight excluding hydrogens is 366 g/mol. The van der Waals surface area contributed by atoms with E-state index in [-0.39, 0.29) is 5.97 Å². The van der Waals surface area contributed by atoms with E-state index in [1.165, 1.54) is 0 Å². The lowest BCUT2D eigenvalue weighted by Gasteiger charge is -2.15. The molecule has 2 N–H and O–H groups in total. The van der Waals surface area contributed by atoms with Crippen LogP contribution in [0.25, 0.3) is 11.1 Å². The Morgan fingerprint density at radius 1 is 0.917 bits per heavy atom. The second-order valence-electron chi connectivity index (χ2n) is 5.70. The fourth-order valence-electron chi connectivity index (χ4n) is 3.08. The van der Waals surface area contributed by atoms with Gasteiger partial charge in [0.05, 0.1) is 5.56 Å². The molecule has 24 heavy (non-hydrogen) atoms. The first-order valence-corrected chi connectivity index (χ1v) is 8.38. The minimum Gasteiger partial charge on any atom is -0.449 e. The lowest BCUT2D eigenvalue weighted by atomic mass is 10.1. The molecule has 0 aliphatic heterocycles. The van der Waals surface area contributed by atoms with Gasteiger partial charge < -0.3 is 10.5 Å². The van der Waals surface area contributed by atoms with Crippen LogP contribution in [-0.2, 0) is 4.74 Å². The number of hydrogen-bond donors (Lipinski definition) is 1. The minimum absolute atomic E-state index is 0.384. The number of rotatable bonds is 2. The third-order valence-corrected chi connectivity index (χ3v) is 4.96. The molecule has 1 aliphatic carbocycles. The summed E-state index contributed by atoms with van der Waals surface area (Å²) in [6, 6.07) is 21.1. The molecule has 0 spiro atoms. The third-order valence-electron chi connectivity index (χ3n) is 4.23. The van der Waals surface area contributed by atoms with Gasteiger partial charge in [0.15, 0.2) is 6.10 Å². The van der Waals surface area contributed by atoms with Gasteiger partial charge in [0.25, 0.3) is 0 Å². The highest BCUT2D eigenvalue weighted by Gasteiger charge is 2.31. The van der Waals surface area contributed by atoms with Crippen LogP contribution >= 0.6 is 15.9 Å². The topological polar surface area (TPSA) is 52.3 Å². The molecule has 3 aromatic rings. The fourth-order valence-corrected chi connectivity index (χ4v) is 3.33. The number of carbonyl (C=O) groups is 1. The van der Waals surface area contributed by atoms with Crippen LogP contribution in [0.15, 0.2) is 71.2 Å². The maximum atomic E-state index is 12.6. The molecule has 0 radical (unpaired) electrons. The second kappa shape index (κ2) is 5.80. The monoisotopic (exact) mass is 379 g/mol. The van der Waals surface area contributed by atoms with Crippen LogP contribution in [0.5, 0.6) is 0 Å². The number of benzene rings is 3. The number of anilines is 1. The molecule has 0 saturated heterocycles. The molecular formula is C20H14BrNO2. The van der Waals surface area contributed by atoms with Crippen LogP contribution < -0.4 is 5.73 Å². The Kier molecular flexibility index (Phi) is 3.62. The summed E-state index contributed by atoms with van der Waals surface area (Å²) in [5.41, 5.74) is 11.1. The van der Waals surface area contributed by atoms with Gasteiger partial charge in [-0.05, 0) is 45.3 Å². The van der Waals surface area contributed by atoms with Crippen molar-refractivity contribution in [2.75, 3.05) is 5.73 Å². The molecule has 0 heterocycles. The van der Waals surface area contributed by atoms with Crippen molar-refractivity contribution < 1.29 is 9.53 Å². The summed E-state index contributed by atoms with van der Waals surface area (Å²) in [6.07, 6.45) is -0.394. The van der Waals surface area contributed by atoms with Crippen molar-refractivity contribution in [1.29, 1.82) is 0 Å². The van der Waals surface area contributed by atoms with E-state index in [4.69, 9.17) is 10.5 Å². The van der Waals surface area contributed by atoms with Crippen molar-refractivity contribution >= 4 is 27.6 Å². The van der Waals surface area contributed by atoms with E-state index in [0.717, 1.165) is 26.7 Å². The Bertz CT molecular complexity index is 906. The van der Waals surface area contributed by atoms with Gasteiger partial charge in [0.1, 0.15) is 0 Å². The van der Waals surface area contributed by atoms with Crippen molar-refractivity contribution in [3.8, 4) is 11.1 Å². The van der Waals surface area contributed by atoms with E-state index in [1.54, 1.807) is 18.2 Å². The van der Waals surface area contributed by atoms with Crippen LogP contribution in [0.4, 0.5) is 5.69 Å². The molecule has 0 saturated carbocycles. The van der Waals surface area contributed by atoms with E-state index in [9.17, 15) is 4.79 Å². The van der Waals surface area contributed by atoms with Gasteiger partial charge in [0.2, 0.25) is 0 Å². The smallest absolute Gasteiger partial charge is 0.339 e. The number of ether oxygens (including phenoxy) is 1. The molecule has 0 bridgehead atoms. The third kappa shape index (κ3) is 2.39. The number of halogens is 1. The quantitative estimate of drug-likeness (QED) is 0.505. The summed E-state index contributed by atoms with van der Waals surface area (Å²) < 4.78 is 6.60. The van der Waals surface area contributed by atoms with Crippen molar-refractivity contribution in [1.82, 2.24) is 0 Å². The zero-order valence-electron chi connectivity index (χ0n) is 12.7. The van der Waals surface area contributed by atoms with Crippen molar-refractivity contribution in [2.45, 2.75) is 6.10 Å². The molecule has 0 aromatic heterocycles. The number of nitrogen functional groups attached to an aromatic ring is 1. The molecule has 4 rings (SSSR count). The van der Waals surface area contributed by atoms with Gasteiger partial charge in [-0.15, -0.1) is 0 Å². The van der Waals surface area contributed by atoms with Crippen LogP contribution in [0.2, 0.25) is 0 Å². The Morgan fingerprint density at radius 3 is 2.08 bits per heavy atom. The Hall–Kier alpha value is -2.59. The Balaban J connectivity index is 1.72. The molecule has 1 aliphatic rings. The first kappa shape index (κ1) is 15.0. The van der Waals surface area contributed by atoms with E-state index >= 15 is 0 Å². The van der Waals surface area contributed by atoms with Gasteiger partial charge >= 0.3 is 5.97 Å². The Labute approximate surface area is 148 Å². The number of carbonyl (C=O) groups excluding carboxylic acids is 1. The van der Waals surface area contributed by atoms with Crippen LogP contribution in [0.1, 0.15) is 27.6 Å². The summed E-state index contributed by atoms with van der Waals surface area (Å²) in [5.74, 6) is -0.384. The van der Waals surface area contributed by atoms with Crippen LogP contribution in [0, 0.1) is 0 Å². The zero-order valence-corrected chi connectivity index (χ0v) is 14.3. The van der Waals surface area contributed by atoms with Gasteiger partial charge in [-0.1, -0.05) is 48.5 Å². The molecule has 0 unspecified atom stereocenters. The maximum Gasteiger partial charge on any atom is 0.339 e. The molecule has 0 amide bonds. The Morgan fingerprint density at radius 2 is 1.50 bits per heavy atom. The highest BCUT2D eigenvalue weighted by atomic mass is 79.9. The van der Waals surface area contributed by atoms with Crippen molar-refractivity contribution in [3.05, 3.63) is 87.9 Å². The number of nitrogens with two attached hydrogens (primary N) is 1. The fraction of sp³-hybridized carbons (Fsp3) is 0.0500. The van der Waals surface area contributed by atoms with Crippen molar-refractivity contribution in [3.63, 3.8) is 0 Å². The summed E-state index contributed by atoms with van der Waals surface area (Å²) in [6.45, 7) is 0. The van der Waals surface area contributed by atoms with E-state index < -0.39 is 6.10 Å². The summed E-state index contributed by atoms with van der Waals surface area (Å²) in [5, 5.41) is 0. The van der Waals surface area contributed by atoms with Crippen LogP contribution in [-0.4, -0.2) is 5.97 Å². The van der Waals surface area contributed by atoms with E-state index in [2.05, 4.69) is 28.1 Å². The highest BCUT2D eigenvalue weighted by molar-refractivity contribution is 9.10. The van der Waals surface area contributed by atoms with Gasteiger partial charge in [-0.25, -0.2) is 4.79 Å². The van der Waals surface area contributed by atoms with E-state index in [0.29, 0.717) is 11.3 Å². The maximum absolute atomic E-state index is 12.6. The standard InChI is InChI=1S/C20H14BrNO2/c21-17-10-9-12(11-18(17)22)20(23)24-19-15-7-3-1-5-13(15)14-6-2-4-8-16(14)19/h1-11,19H,22H2. The lowest BCUT2D eigenvalue weighted by Crippen LogP contribution is -2.11. The molecule has 4 heteroatoms. The van der Waals surface area contributed by atoms with Crippen molar-refractivity contribution in [2.24, 2.45) is 0 Å². The normalized spacial score (nSPS) is 12.5. The zero-order chi connectivity index (χ0) is 16.7. The SMILES string of the molecule is Nc1cc(C(=O)OC2c3ccccc3-c3ccccc32)ccc1Br. The number of esters is 1. The molecule has 118 valence electrons. The molecule has 0 fully saturated rings. The first-order valence-electron chi connectivity index (χ1n) is 7.59. The number of fused-ring (bicyclic) bond motifs is 3. The lowest BCUT2D eigenvalue weighted by molar-refractivity contribution is 0.0386. The average Bonchev–Trinajstić information content (AvgIpc) is 2.92. The van der Waals surface area contributed by atoms with Gasteiger partial charge in [-0.3, -0.25) is 0 Å². The molecule has 3 aromatic carbocycles. The average molecular weight is 380 g/mol. The molecule has 3 nitrogen and oxygen atoms in total. The summed E-state index contributed by atoms with van der Waals surface area (Å²) in [7, 11) is 0. The highest BCUT2D eigenvalue weighted by Crippen LogP contribution is 2.45. The summed E-state index contributed by atoms with van der Waals surface area (Å²) >= 11 is 3.33. The summed E-state index contributed by atoms with van der Waals surface area (Å²) in [4.78, 5) is 12.6. The van der Waals surface area contributed by atoms with E-state index in [1.807, 2.05) is 36.4 Å².